The molecule has 2 fully saturated rings. The largest absolute Gasteiger partial charge is 0.363 e. The number of ether oxygens (including phenoxy) is 1. The van der Waals surface area contributed by atoms with Gasteiger partial charge in [0.05, 0.1) is 12.1 Å². The van der Waals surface area contributed by atoms with E-state index >= 15 is 0 Å². The van der Waals surface area contributed by atoms with Gasteiger partial charge in [0.25, 0.3) is 10.2 Å². The average molecular weight is 291 g/mol. The van der Waals surface area contributed by atoms with E-state index in [1.165, 1.54) is 22.7 Å². The number of carbonyl (C=O) groups excluding carboxylic acids is 1. The molecule has 0 saturated carbocycles. The molecule has 0 aromatic heterocycles. The fourth-order valence-electron chi connectivity index (χ4n) is 2.74. The van der Waals surface area contributed by atoms with E-state index in [-0.39, 0.29) is 18.1 Å². The Balaban J connectivity index is 2.09. The standard InChI is InChI=1S/C11H21N3O4S/c1-12-11(15)10-5-4-8-9(18-10)6-7-14(8)19(16,17)13(2)3/h8-10H,4-7H2,1-3H3,(H,12,15)/t8-,9-,10-/m0/s1. The third-order valence-corrected chi connectivity index (χ3v) is 5.76. The molecule has 1 N–H and O–H groups in total. The topological polar surface area (TPSA) is 79.0 Å². The molecule has 0 aromatic carbocycles. The normalized spacial score (nSPS) is 32.3. The molecule has 110 valence electrons. The van der Waals surface area contributed by atoms with E-state index in [9.17, 15) is 13.2 Å². The average Bonchev–Trinajstić information content (AvgIpc) is 2.80. The lowest BCUT2D eigenvalue weighted by Crippen LogP contribution is -2.50. The third kappa shape index (κ3) is 2.62. The fourth-order valence-corrected chi connectivity index (χ4v) is 4.08. The van der Waals surface area contributed by atoms with E-state index in [4.69, 9.17) is 4.74 Å². The van der Waals surface area contributed by atoms with Gasteiger partial charge in [0, 0.05) is 27.7 Å². The number of rotatable bonds is 3. The van der Waals surface area contributed by atoms with Gasteiger partial charge < -0.3 is 10.1 Å². The van der Waals surface area contributed by atoms with Crippen LogP contribution < -0.4 is 5.32 Å². The van der Waals surface area contributed by atoms with Crippen LogP contribution in [-0.4, -0.2) is 68.9 Å². The molecule has 3 atom stereocenters. The van der Waals surface area contributed by atoms with Crippen molar-refractivity contribution in [3.05, 3.63) is 0 Å². The first-order valence-electron chi connectivity index (χ1n) is 6.44. The lowest BCUT2D eigenvalue weighted by atomic mass is 9.99. The van der Waals surface area contributed by atoms with Crippen LogP contribution in [0.3, 0.4) is 0 Å². The van der Waals surface area contributed by atoms with Gasteiger partial charge in [0.1, 0.15) is 6.10 Å². The molecular formula is C11H21N3O4S. The molecule has 2 aliphatic rings. The van der Waals surface area contributed by atoms with Gasteiger partial charge in [-0.2, -0.15) is 17.0 Å². The molecule has 0 radical (unpaired) electrons. The van der Waals surface area contributed by atoms with Crippen molar-refractivity contribution < 1.29 is 17.9 Å². The second-order valence-corrected chi connectivity index (χ2v) is 7.21. The maximum atomic E-state index is 12.2. The van der Waals surface area contributed by atoms with E-state index in [2.05, 4.69) is 5.32 Å². The quantitative estimate of drug-likeness (QED) is 0.735. The van der Waals surface area contributed by atoms with Crippen molar-refractivity contribution in [2.75, 3.05) is 27.7 Å². The molecule has 1 amide bonds. The van der Waals surface area contributed by atoms with Gasteiger partial charge in [-0.15, -0.1) is 0 Å². The first-order valence-corrected chi connectivity index (χ1v) is 7.84. The number of nitrogens with zero attached hydrogens (tertiary/aromatic N) is 2. The van der Waals surface area contributed by atoms with Gasteiger partial charge in [-0.1, -0.05) is 0 Å². The zero-order valence-corrected chi connectivity index (χ0v) is 12.3. The second-order valence-electron chi connectivity index (χ2n) is 5.11. The zero-order valence-electron chi connectivity index (χ0n) is 11.5. The first kappa shape index (κ1) is 14.7. The Morgan fingerprint density at radius 1 is 1.32 bits per heavy atom. The summed E-state index contributed by atoms with van der Waals surface area (Å²) in [5.74, 6) is -0.132. The van der Waals surface area contributed by atoms with Crippen molar-refractivity contribution in [3.8, 4) is 0 Å². The summed E-state index contributed by atoms with van der Waals surface area (Å²) in [5.41, 5.74) is 0. The minimum absolute atomic E-state index is 0.132. The molecule has 0 aliphatic carbocycles. The summed E-state index contributed by atoms with van der Waals surface area (Å²) in [5, 5.41) is 2.57. The lowest BCUT2D eigenvalue weighted by molar-refractivity contribution is -0.142. The first-order chi connectivity index (χ1) is 8.87. The van der Waals surface area contributed by atoms with E-state index in [0.717, 1.165) is 0 Å². The van der Waals surface area contributed by atoms with Gasteiger partial charge >= 0.3 is 0 Å². The van der Waals surface area contributed by atoms with Gasteiger partial charge in [-0.05, 0) is 19.3 Å². The highest BCUT2D eigenvalue weighted by Crippen LogP contribution is 2.33. The van der Waals surface area contributed by atoms with Crippen molar-refractivity contribution in [1.82, 2.24) is 13.9 Å². The molecule has 2 heterocycles. The molecule has 0 aromatic rings. The number of hydrogen-bond donors (Lipinski definition) is 1. The van der Waals surface area contributed by atoms with Crippen LogP contribution in [0.15, 0.2) is 0 Å². The molecule has 19 heavy (non-hydrogen) atoms. The number of hydrogen-bond acceptors (Lipinski definition) is 4. The molecular weight excluding hydrogens is 270 g/mol. The number of fused-ring (bicyclic) bond motifs is 1. The maximum absolute atomic E-state index is 12.2. The smallest absolute Gasteiger partial charge is 0.281 e. The Hall–Kier alpha value is -0.700. The van der Waals surface area contributed by atoms with Crippen molar-refractivity contribution in [2.45, 2.75) is 37.5 Å². The monoisotopic (exact) mass is 291 g/mol. The van der Waals surface area contributed by atoms with Crippen LogP contribution >= 0.6 is 0 Å². The zero-order chi connectivity index (χ0) is 14.2. The SMILES string of the molecule is CNC(=O)[C@@H]1CC[C@H]2[C@H](CCN2S(=O)(=O)N(C)C)O1. The predicted octanol–water partition coefficient (Wildman–Crippen LogP) is -0.839. The van der Waals surface area contributed by atoms with Gasteiger partial charge in [-0.3, -0.25) is 4.79 Å². The van der Waals surface area contributed by atoms with Crippen molar-refractivity contribution in [1.29, 1.82) is 0 Å². The summed E-state index contributed by atoms with van der Waals surface area (Å²) >= 11 is 0. The molecule has 2 saturated heterocycles. The molecule has 8 heteroatoms. The van der Waals surface area contributed by atoms with Crippen LogP contribution in [0.1, 0.15) is 19.3 Å². The fraction of sp³-hybridized carbons (Fsp3) is 0.909. The van der Waals surface area contributed by atoms with Crippen LogP contribution in [-0.2, 0) is 19.7 Å². The minimum atomic E-state index is -3.40. The number of amides is 1. The Morgan fingerprint density at radius 3 is 2.58 bits per heavy atom. The highest BCUT2D eigenvalue weighted by Gasteiger charge is 2.46. The minimum Gasteiger partial charge on any atom is -0.363 e. The Bertz CT molecular complexity index is 451. The van der Waals surface area contributed by atoms with Crippen molar-refractivity contribution >= 4 is 16.1 Å². The maximum Gasteiger partial charge on any atom is 0.281 e. The van der Waals surface area contributed by atoms with E-state index in [0.29, 0.717) is 25.8 Å². The number of carbonyl (C=O) groups is 1. The van der Waals surface area contributed by atoms with E-state index in [1.54, 1.807) is 7.05 Å². The Morgan fingerprint density at radius 2 is 2.00 bits per heavy atom. The summed E-state index contributed by atoms with van der Waals surface area (Å²) < 4.78 is 32.8. The number of likely N-dealkylation sites (N-methyl/N-ethyl adjacent to an activating group) is 1. The van der Waals surface area contributed by atoms with Crippen LogP contribution in [0.5, 0.6) is 0 Å². The molecule has 0 unspecified atom stereocenters. The van der Waals surface area contributed by atoms with E-state index < -0.39 is 16.3 Å². The van der Waals surface area contributed by atoms with Crippen molar-refractivity contribution in [3.63, 3.8) is 0 Å². The molecule has 2 aliphatic heterocycles. The molecule has 2 rings (SSSR count). The van der Waals surface area contributed by atoms with Gasteiger partial charge in [0.2, 0.25) is 5.91 Å². The lowest BCUT2D eigenvalue weighted by Gasteiger charge is -2.35. The summed E-state index contributed by atoms with van der Waals surface area (Å²) in [6, 6.07) is -0.145. The Kier molecular flexibility index (Phi) is 4.14. The van der Waals surface area contributed by atoms with Crippen molar-refractivity contribution in [2.24, 2.45) is 0 Å². The van der Waals surface area contributed by atoms with Crippen LogP contribution in [0.2, 0.25) is 0 Å². The summed E-state index contributed by atoms with van der Waals surface area (Å²) in [6.45, 7) is 0.455. The summed E-state index contributed by atoms with van der Waals surface area (Å²) in [7, 11) is 1.23. The summed E-state index contributed by atoms with van der Waals surface area (Å²) in [6.07, 6.45) is 1.24. The van der Waals surface area contributed by atoms with Gasteiger partial charge in [0.15, 0.2) is 0 Å². The highest BCUT2D eigenvalue weighted by molar-refractivity contribution is 7.86. The second kappa shape index (κ2) is 5.35. The third-order valence-electron chi connectivity index (χ3n) is 3.79. The molecule has 0 bridgehead atoms. The molecule has 7 nitrogen and oxygen atoms in total. The van der Waals surface area contributed by atoms with Gasteiger partial charge in [-0.25, -0.2) is 0 Å². The van der Waals surface area contributed by atoms with Crippen LogP contribution in [0.4, 0.5) is 0 Å². The summed E-state index contributed by atoms with van der Waals surface area (Å²) in [4.78, 5) is 11.6. The van der Waals surface area contributed by atoms with E-state index in [1.807, 2.05) is 0 Å². The Labute approximate surface area is 114 Å². The predicted molar refractivity (Wildman–Crippen MR) is 69.7 cm³/mol. The number of nitrogens with one attached hydrogen (secondary N) is 1. The van der Waals surface area contributed by atoms with Crippen LogP contribution in [0.25, 0.3) is 0 Å². The van der Waals surface area contributed by atoms with Crippen LogP contribution in [0, 0.1) is 0 Å². The highest BCUT2D eigenvalue weighted by atomic mass is 32.2. The molecule has 0 spiro atoms.